The fourth-order valence-corrected chi connectivity index (χ4v) is 0.761. The summed E-state index contributed by atoms with van der Waals surface area (Å²) in [7, 11) is 0. The number of unbranched alkanes of at least 4 members (excludes halogenated alkanes) is 3. The average molecular weight is 167 g/mol. The molecule has 0 aliphatic carbocycles. The first kappa shape index (κ1) is 11.0. The summed E-state index contributed by atoms with van der Waals surface area (Å²) in [6.45, 7) is 2.83. The second kappa shape index (κ2) is 10.0. The van der Waals surface area contributed by atoms with E-state index >= 15 is 0 Å². The molecule has 68 valence electrons. The van der Waals surface area contributed by atoms with E-state index in [4.69, 9.17) is 10.00 Å². The Morgan fingerprint density at radius 2 is 2.25 bits per heavy atom. The molecule has 0 aliphatic rings. The first-order valence-electron chi connectivity index (χ1n) is 4.55. The van der Waals surface area contributed by atoms with Crippen molar-refractivity contribution in [3.05, 3.63) is 12.3 Å². The van der Waals surface area contributed by atoms with Gasteiger partial charge < -0.3 is 4.74 Å². The Morgan fingerprint density at radius 1 is 1.42 bits per heavy atom. The Morgan fingerprint density at radius 3 is 2.92 bits per heavy atom. The highest BCUT2D eigenvalue weighted by molar-refractivity contribution is 4.73. The summed E-state index contributed by atoms with van der Waals surface area (Å²) in [6.07, 6.45) is 8.73. The third-order valence-corrected chi connectivity index (χ3v) is 1.47. The van der Waals surface area contributed by atoms with Gasteiger partial charge in [0.05, 0.1) is 18.9 Å². The minimum Gasteiger partial charge on any atom is -0.501 e. The van der Waals surface area contributed by atoms with Crippen LogP contribution < -0.4 is 0 Å². The maximum Gasteiger partial charge on any atom is 0.0883 e. The lowest BCUT2D eigenvalue weighted by Crippen LogP contribution is -1.85. The van der Waals surface area contributed by atoms with Crippen molar-refractivity contribution < 1.29 is 4.74 Å². The maximum absolute atomic E-state index is 8.22. The number of hydrogen-bond acceptors (Lipinski definition) is 2. The second-order valence-corrected chi connectivity index (χ2v) is 2.65. The Kier molecular flexibility index (Phi) is 9.22. The average Bonchev–Trinajstić information content (AvgIpc) is 2.10. The number of nitrogens with zero attached hydrogens (tertiary/aromatic N) is 1. The van der Waals surface area contributed by atoms with E-state index in [0.29, 0.717) is 13.0 Å². The van der Waals surface area contributed by atoms with Gasteiger partial charge in [0.1, 0.15) is 0 Å². The van der Waals surface area contributed by atoms with Crippen LogP contribution in [0.1, 0.15) is 39.0 Å². The Balaban J connectivity index is 2.98. The molecule has 0 atom stereocenters. The van der Waals surface area contributed by atoms with E-state index in [1.807, 2.05) is 6.08 Å². The van der Waals surface area contributed by atoms with E-state index in [2.05, 4.69) is 13.0 Å². The molecule has 0 spiro atoms. The summed E-state index contributed by atoms with van der Waals surface area (Å²) in [5.41, 5.74) is 0. The number of hydrogen-bond donors (Lipinski definition) is 0. The van der Waals surface area contributed by atoms with E-state index in [-0.39, 0.29) is 0 Å². The molecule has 0 bridgehead atoms. The summed E-state index contributed by atoms with van der Waals surface area (Å²) in [5.74, 6) is 0. The van der Waals surface area contributed by atoms with Crippen molar-refractivity contribution in [1.29, 1.82) is 5.26 Å². The van der Waals surface area contributed by atoms with Gasteiger partial charge in [-0.1, -0.05) is 13.3 Å². The molecule has 0 N–H and O–H groups in total. The zero-order valence-corrected chi connectivity index (χ0v) is 7.75. The van der Waals surface area contributed by atoms with Gasteiger partial charge in [-0.2, -0.15) is 5.26 Å². The highest BCUT2D eigenvalue weighted by Gasteiger charge is 1.83. The van der Waals surface area contributed by atoms with Crippen LogP contribution in [0.25, 0.3) is 0 Å². The molecule has 0 heterocycles. The largest absolute Gasteiger partial charge is 0.501 e. The van der Waals surface area contributed by atoms with Crippen molar-refractivity contribution >= 4 is 0 Å². The van der Waals surface area contributed by atoms with E-state index in [1.54, 1.807) is 6.26 Å². The lowest BCUT2D eigenvalue weighted by molar-refractivity contribution is 0.245. The van der Waals surface area contributed by atoms with Crippen LogP contribution in [0.4, 0.5) is 0 Å². The second-order valence-electron chi connectivity index (χ2n) is 2.65. The lowest BCUT2D eigenvalue weighted by Gasteiger charge is -1.96. The molecule has 0 rings (SSSR count). The van der Waals surface area contributed by atoms with Gasteiger partial charge >= 0.3 is 0 Å². The normalized spacial score (nSPS) is 10.0. The first-order chi connectivity index (χ1) is 5.91. The fraction of sp³-hybridized carbons (Fsp3) is 0.700. The van der Waals surface area contributed by atoms with Crippen LogP contribution in [-0.4, -0.2) is 6.61 Å². The molecule has 0 aromatic carbocycles. The predicted octanol–water partition coefficient (Wildman–Crippen LogP) is 3.01. The molecular weight excluding hydrogens is 150 g/mol. The van der Waals surface area contributed by atoms with Gasteiger partial charge in [0.2, 0.25) is 0 Å². The number of nitriles is 1. The third kappa shape index (κ3) is 9.03. The molecule has 0 aromatic rings. The molecule has 0 radical (unpaired) electrons. The highest BCUT2D eigenvalue weighted by atomic mass is 16.5. The Bertz CT molecular complexity index is 146. The van der Waals surface area contributed by atoms with Crippen LogP contribution in [0.5, 0.6) is 0 Å². The molecule has 0 aromatic heterocycles. The molecule has 0 saturated heterocycles. The highest BCUT2D eigenvalue weighted by Crippen LogP contribution is 1.95. The molecular formula is C10H17NO. The lowest BCUT2D eigenvalue weighted by atomic mass is 10.2. The number of allylic oxidation sites excluding steroid dienone is 1. The first-order valence-corrected chi connectivity index (χ1v) is 4.55. The van der Waals surface area contributed by atoms with E-state index in [0.717, 1.165) is 12.8 Å². The SMILES string of the molecule is CCCCC=COCCCC#N. The van der Waals surface area contributed by atoms with Crippen molar-refractivity contribution in [2.45, 2.75) is 39.0 Å². The number of rotatable bonds is 7. The quantitative estimate of drug-likeness (QED) is 0.431. The van der Waals surface area contributed by atoms with E-state index in [1.165, 1.54) is 12.8 Å². The molecule has 12 heavy (non-hydrogen) atoms. The Labute approximate surface area is 74.8 Å². The van der Waals surface area contributed by atoms with Gasteiger partial charge in [0.15, 0.2) is 0 Å². The van der Waals surface area contributed by atoms with Gasteiger partial charge in [0.25, 0.3) is 0 Å². The van der Waals surface area contributed by atoms with Crippen LogP contribution in [0.15, 0.2) is 12.3 Å². The zero-order valence-electron chi connectivity index (χ0n) is 7.75. The minimum absolute atomic E-state index is 0.586. The zero-order chi connectivity index (χ0) is 9.07. The summed E-state index contributed by atoms with van der Waals surface area (Å²) in [5, 5.41) is 8.22. The molecule has 0 saturated carbocycles. The predicted molar refractivity (Wildman–Crippen MR) is 49.5 cm³/mol. The van der Waals surface area contributed by atoms with Gasteiger partial charge in [0, 0.05) is 6.42 Å². The smallest absolute Gasteiger partial charge is 0.0883 e. The van der Waals surface area contributed by atoms with E-state index < -0.39 is 0 Å². The summed E-state index contributed by atoms with van der Waals surface area (Å²) in [4.78, 5) is 0. The molecule has 0 fully saturated rings. The third-order valence-electron chi connectivity index (χ3n) is 1.47. The Hall–Kier alpha value is -0.970. The molecule has 0 aliphatic heterocycles. The van der Waals surface area contributed by atoms with Gasteiger partial charge in [-0.25, -0.2) is 0 Å². The van der Waals surface area contributed by atoms with Crippen molar-refractivity contribution in [3.63, 3.8) is 0 Å². The van der Waals surface area contributed by atoms with Crippen molar-refractivity contribution in [3.8, 4) is 6.07 Å². The topological polar surface area (TPSA) is 33.0 Å². The molecule has 0 unspecified atom stereocenters. The van der Waals surface area contributed by atoms with Crippen LogP contribution in [0, 0.1) is 11.3 Å². The van der Waals surface area contributed by atoms with E-state index in [9.17, 15) is 0 Å². The summed E-state index contributed by atoms with van der Waals surface area (Å²) >= 11 is 0. The molecule has 0 amide bonds. The summed E-state index contributed by atoms with van der Waals surface area (Å²) < 4.78 is 5.15. The van der Waals surface area contributed by atoms with Crippen molar-refractivity contribution in [1.82, 2.24) is 0 Å². The van der Waals surface area contributed by atoms with Gasteiger partial charge in [-0.3, -0.25) is 0 Å². The van der Waals surface area contributed by atoms with Gasteiger partial charge in [-0.05, 0) is 25.3 Å². The summed E-state index contributed by atoms with van der Waals surface area (Å²) in [6, 6.07) is 2.07. The monoisotopic (exact) mass is 167 g/mol. The minimum atomic E-state index is 0.586. The van der Waals surface area contributed by atoms with Crippen LogP contribution in [-0.2, 0) is 4.74 Å². The van der Waals surface area contributed by atoms with Crippen molar-refractivity contribution in [2.75, 3.05) is 6.61 Å². The van der Waals surface area contributed by atoms with Crippen LogP contribution in [0.3, 0.4) is 0 Å². The molecule has 2 heteroatoms. The van der Waals surface area contributed by atoms with Crippen molar-refractivity contribution in [2.24, 2.45) is 0 Å². The van der Waals surface area contributed by atoms with Crippen LogP contribution in [0.2, 0.25) is 0 Å². The number of ether oxygens (including phenoxy) is 1. The maximum atomic E-state index is 8.22. The fourth-order valence-electron chi connectivity index (χ4n) is 0.761. The van der Waals surface area contributed by atoms with Gasteiger partial charge in [-0.15, -0.1) is 0 Å². The molecule has 2 nitrogen and oxygen atoms in total. The van der Waals surface area contributed by atoms with Crippen LogP contribution >= 0.6 is 0 Å². The standard InChI is InChI=1S/C10H17NO/c1-2-3-4-6-9-12-10-7-5-8-11/h6,9H,2-5,7,10H2,1H3.